The van der Waals surface area contributed by atoms with Crippen molar-refractivity contribution >= 4 is 36.9 Å². The minimum absolute atomic E-state index is 0.0642. The van der Waals surface area contributed by atoms with E-state index in [0.29, 0.717) is 0 Å². The number of carbonyl (C=O) groups is 1. The van der Waals surface area contributed by atoms with Gasteiger partial charge >= 0.3 is 14.0 Å². The summed E-state index contributed by atoms with van der Waals surface area (Å²) in [7, 11) is -4.05. The van der Waals surface area contributed by atoms with Crippen molar-refractivity contribution in [2.24, 2.45) is 16.3 Å². The molecule has 1 fully saturated rings. The second-order valence-electron chi connectivity index (χ2n) is 11.1. The van der Waals surface area contributed by atoms with Crippen LogP contribution >= 0.6 is 7.82 Å². The molecule has 3 rings (SSSR count). The van der Waals surface area contributed by atoms with Crippen LogP contribution in [0.3, 0.4) is 0 Å². The van der Waals surface area contributed by atoms with Gasteiger partial charge in [0.2, 0.25) is 12.7 Å². The topological polar surface area (TPSA) is 154 Å². The molecule has 1 N–H and O–H groups in total. The maximum atomic E-state index is 15.2. The van der Waals surface area contributed by atoms with E-state index in [9.17, 15) is 23.9 Å². The fourth-order valence-electron chi connectivity index (χ4n) is 3.60. The van der Waals surface area contributed by atoms with Crippen LogP contribution < -0.4 is 0 Å². The molecule has 1 aliphatic heterocycles. The Morgan fingerprint density at radius 2 is 1.87 bits per heavy atom. The van der Waals surface area contributed by atoms with E-state index in [0.717, 1.165) is 6.07 Å². The quantitative estimate of drug-likeness (QED) is 0.159. The first-order valence-electron chi connectivity index (χ1n) is 11.9. The average molecular weight is 573 g/mol. The molecule has 15 heteroatoms. The first kappa shape index (κ1) is 30.4. The lowest BCUT2D eigenvalue weighted by atomic mass is 9.92. The second kappa shape index (κ2) is 11.6. The predicted molar refractivity (Wildman–Crippen MR) is 134 cm³/mol. The van der Waals surface area contributed by atoms with E-state index in [1.807, 2.05) is 20.8 Å². The molecular weight excluding hydrogens is 541 g/mol. The monoisotopic (exact) mass is 572 g/mol. The van der Waals surface area contributed by atoms with Crippen LogP contribution in [0.15, 0.2) is 11.1 Å². The SMILES string of the molecule is CC(C)(C)C/C(=N/c1nc2c(F)cc(C#N)c(F)c2n1C(C)(C)C)OCOC(=O)OCC1COP(=O)(O)OC1. The predicted octanol–water partition coefficient (Wildman–Crippen LogP) is 5.30. The minimum Gasteiger partial charge on any atom is -0.444 e. The number of hydrogen-bond donors (Lipinski definition) is 1. The third kappa shape index (κ3) is 7.95. The van der Waals surface area contributed by atoms with Crippen molar-refractivity contribution in [2.45, 2.75) is 53.5 Å². The maximum absolute atomic E-state index is 15.2. The Balaban J connectivity index is 1.81. The van der Waals surface area contributed by atoms with Crippen LogP contribution in [0, 0.1) is 34.3 Å². The van der Waals surface area contributed by atoms with Gasteiger partial charge in [-0.3, -0.25) is 9.05 Å². The molecule has 0 saturated carbocycles. The van der Waals surface area contributed by atoms with Crippen molar-refractivity contribution in [3.8, 4) is 6.07 Å². The summed E-state index contributed by atoms with van der Waals surface area (Å²) in [6, 6.07) is 2.43. The lowest BCUT2D eigenvalue weighted by Gasteiger charge is -2.25. The van der Waals surface area contributed by atoms with Gasteiger partial charge in [0.1, 0.15) is 23.7 Å². The number of imidazole rings is 1. The van der Waals surface area contributed by atoms with Gasteiger partial charge in [0, 0.05) is 17.9 Å². The Bertz CT molecular complexity index is 1350. The van der Waals surface area contributed by atoms with Crippen LogP contribution in [0.5, 0.6) is 0 Å². The van der Waals surface area contributed by atoms with Crippen LogP contribution in [-0.2, 0) is 33.4 Å². The van der Waals surface area contributed by atoms with E-state index in [4.69, 9.17) is 14.2 Å². The number of phosphoric acid groups is 1. The summed E-state index contributed by atoms with van der Waals surface area (Å²) in [6.07, 6.45) is -0.830. The summed E-state index contributed by atoms with van der Waals surface area (Å²) in [4.78, 5) is 29.8. The zero-order valence-electron chi connectivity index (χ0n) is 22.5. The van der Waals surface area contributed by atoms with Gasteiger partial charge in [0.25, 0.3) is 0 Å². The minimum atomic E-state index is -4.05. The van der Waals surface area contributed by atoms with Gasteiger partial charge in [-0.05, 0) is 32.3 Å². The van der Waals surface area contributed by atoms with Crippen molar-refractivity contribution < 1.29 is 46.3 Å². The zero-order valence-corrected chi connectivity index (χ0v) is 23.4. The van der Waals surface area contributed by atoms with Gasteiger partial charge < -0.3 is 23.7 Å². The molecule has 214 valence electrons. The number of ether oxygens (including phenoxy) is 3. The summed E-state index contributed by atoms with van der Waals surface area (Å²) >= 11 is 0. The summed E-state index contributed by atoms with van der Waals surface area (Å²) in [6.45, 7) is 9.92. The summed E-state index contributed by atoms with van der Waals surface area (Å²) in [5.74, 6) is -2.24. The number of carbonyl (C=O) groups excluding carboxylic acids is 1. The molecule has 0 spiro atoms. The molecule has 0 aliphatic carbocycles. The van der Waals surface area contributed by atoms with Crippen LogP contribution in [-0.4, -0.2) is 53.1 Å². The van der Waals surface area contributed by atoms with E-state index in [1.54, 1.807) is 26.8 Å². The van der Waals surface area contributed by atoms with Crippen LogP contribution in [0.4, 0.5) is 19.5 Å². The molecule has 0 radical (unpaired) electrons. The Labute approximate surface area is 224 Å². The van der Waals surface area contributed by atoms with Crippen molar-refractivity contribution in [1.29, 1.82) is 5.26 Å². The van der Waals surface area contributed by atoms with Crippen LogP contribution in [0.1, 0.15) is 53.5 Å². The van der Waals surface area contributed by atoms with Gasteiger partial charge in [-0.2, -0.15) is 10.3 Å². The molecule has 0 unspecified atom stereocenters. The molecule has 39 heavy (non-hydrogen) atoms. The van der Waals surface area contributed by atoms with Crippen molar-refractivity contribution in [3.05, 3.63) is 23.3 Å². The summed E-state index contributed by atoms with van der Waals surface area (Å²) < 4.78 is 67.3. The summed E-state index contributed by atoms with van der Waals surface area (Å²) in [5.41, 5.74) is -2.13. The highest BCUT2D eigenvalue weighted by molar-refractivity contribution is 7.47. The van der Waals surface area contributed by atoms with E-state index >= 15 is 4.39 Å². The zero-order chi connectivity index (χ0) is 29.2. The number of aliphatic imine (C=N–C) groups is 1. The normalized spacial score (nSPS) is 20.5. The number of halogens is 2. The molecule has 0 amide bonds. The van der Waals surface area contributed by atoms with Gasteiger partial charge in [-0.15, -0.1) is 0 Å². The fourth-order valence-corrected chi connectivity index (χ4v) is 4.47. The highest BCUT2D eigenvalue weighted by Crippen LogP contribution is 2.46. The van der Waals surface area contributed by atoms with Crippen molar-refractivity contribution in [1.82, 2.24) is 9.55 Å². The highest BCUT2D eigenvalue weighted by Gasteiger charge is 2.31. The van der Waals surface area contributed by atoms with Crippen molar-refractivity contribution in [3.63, 3.8) is 0 Å². The number of rotatable bonds is 6. The standard InChI is InChI=1S/C24H31F2N4O8P/c1-23(2,3)8-17(35-13-36-22(31)34-10-14-11-37-39(32,33)38-12-14)28-21-29-19-16(25)7-15(9-27)18(26)20(19)30(21)24(4,5)6/h7,14H,8,10-13H2,1-6H3,(H,32,33)/b28-17-. The Hall–Kier alpha value is -3.11. The Morgan fingerprint density at radius 3 is 2.44 bits per heavy atom. The smallest absolute Gasteiger partial charge is 0.444 e. The largest absolute Gasteiger partial charge is 0.511 e. The Kier molecular flexibility index (Phi) is 9.02. The molecule has 2 aromatic rings. The molecule has 0 atom stereocenters. The molecule has 1 aliphatic rings. The van der Waals surface area contributed by atoms with Crippen LogP contribution in [0.25, 0.3) is 11.0 Å². The first-order chi connectivity index (χ1) is 18.0. The lowest BCUT2D eigenvalue weighted by molar-refractivity contribution is -0.0229. The second-order valence-corrected chi connectivity index (χ2v) is 12.5. The third-order valence-electron chi connectivity index (χ3n) is 5.28. The van der Waals surface area contributed by atoms with E-state index < -0.39 is 49.4 Å². The van der Waals surface area contributed by atoms with Crippen molar-refractivity contribution in [2.75, 3.05) is 26.6 Å². The number of phosphoric ester groups is 1. The number of aromatic nitrogens is 2. The van der Waals surface area contributed by atoms with E-state index in [2.05, 4.69) is 19.0 Å². The highest BCUT2D eigenvalue weighted by atomic mass is 31.2. The number of fused-ring (bicyclic) bond motifs is 1. The third-order valence-corrected chi connectivity index (χ3v) is 6.24. The molecule has 12 nitrogen and oxygen atoms in total. The maximum Gasteiger partial charge on any atom is 0.511 e. The van der Waals surface area contributed by atoms with Crippen LogP contribution in [0.2, 0.25) is 0 Å². The molecular formula is C24H31F2N4O8P. The molecule has 1 aromatic heterocycles. The molecule has 1 aromatic carbocycles. The molecule has 1 saturated heterocycles. The fraction of sp³-hybridized carbons (Fsp3) is 0.583. The average Bonchev–Trinajstić information content (AvgIpc) is 3.20. The van der Waals surface area contributed by atoms with Gasteiger partial charge in [-0.1, -0.05) is 20.8 Å². The van der Waals surface area contributed by atoms with E-state index in [-0.39, 0.29) is 54.5 Å². The van der Waals surface area contributed by atoms with Gasteiger partial charge in [0.15, 0.2) is 17.5 Å². The number of nitriles is 1. The molecule has 2 heterocycles. The number of benzene rings is 1. The number of nitrogens with zero attached hydrogens (tertiary/aromatic N) is 4. The Morgan fingerprint density at radius 1 is 1.23 bits per heavy atom. The molecule has 0 bridgehead atoms. The number of hydrogen-bond acceptors (Lipinski definition) is 10. The van der Waals surface area contributed by atoms with E-state index in [1.165, 1.54) is 4.57 Å². The van der Waals surface area contributed by atoms with Gasteiger partial charge in [0.05, 0.1) is 18.8 Å². The lowest BCUT2D eigenvalue weighted by Crippen LogP contribution is -2.27. The van der Waals surface area contributed by atoms with Gasteiger partial charge in [-0.25, -0.2) is 23.1 Å². The summed E-state index contributed by atoms with van der Waals surface area (Å²) in [5, 5.41) is 9.23. The first-order valence-corrected chi connectivity index (χ1v) is 13.4.